The minimum absolute atomic E-state index is 0.174. The van der Waals surface area contributed by atoms with Gasteiger partial charge in [0.1, 0.15) is 0 Å². The first-order valence-electron chi connectivity index (χ1n) is 7.48. The van der Waals surface area contributed by atoms with Gasteiger partial charge in [0, 0.05) is 4.47 Å². The Morgan fingerprint density at radius 1 is 1.19 bits per heavy atom. The van der Waals surface area contributed by atoms with Gasteiger partial charge in [-0.25, -0.2) is 0 Å². The van der Waals surface area contributed by atoms with E-state index in [9.17, 15) is 0 Å². The van der Waals surface area contributed by atoms with E-state index in [4.69, 9.17) is 9.31 Å². The van der Waals surface area contributed by atoms with Gasteiger partial charge >= 0.3 is 7.12 Å². The molecule has 1 saturated heterocycles. The van der Waals surface area contributed by atoms with Gasteiger partial charge in [-0.05, 0) is 58.0 Å². The van der Waals surface area contributed by atoms with Crippen LogP contribution in [0.3, 0.4) is 0 Å². The van der Waals surface area contributed by atoms with Crippen LogP contribution in [0.25, 0.3) is 0 Å². The van der Waals surface area contributed by atoms with Crippen LogP contribution in [0.2, 0.25) is 6.32 Å². The number of hydrogen-bond donors (Lipinski definition) is 0. The predicted octanol–water partition coefficient (Wildman–Crippen LogP) is 5.20. The molecule has 2 nitrogen and oxygen atoms in total. The Bertz CT molecular complexity index is 497. The molecule has 1 heterocycles. The first kappa shape index (κ1) is 16.8. The van der Waals surface area contributed by atoms with Crippen molar-refractivity contribution in [1.29, 1.82) is 0 Å². The van der Waals surface area contributed by atoms with Crippen molar-refractivity contribution in [3.63, 3.8) is 0 Å². The number of rotatable bonds is 5. The molecule has 1 aromatic rings. The zero-order chi connectivity index (χ0) is 15.7. The molecule has 1 atom stereocenters. The average Bonchev–Trinajstić information content (AvgIpc) is 2.57. The van der Waals surface area contributed by atoms with E-state index < -0.39 is 0 Å². The van der Waals surface area contributed by atoms with Gasteiger partial charge in [-0.2, -0.15) is 0 Å². The second kappa shape index (κ2) is 6.27. The van der Waals surface area contributed by atoms with Crippen molar-refractivity contribution in [2.75, 3.05) is 0 Å². The Kier molecular flexibility index (Phi) is 5.01. The van der Waals surface area contributed by atoms with Crippen LogP contribution in [-0.4, -0.2) is 18.3 Å². The number of benzene rings is 1. The molecular formula is C17H24BBrO2. The van der Waals surface area contributed by atoms with Crippen molar-refractivity contribution in [3.8, 4) is 0 Å². The zero-order valence-corrected chi connectivity index (χ0v) is 14.9. The lowest BCUT2D eigenvalue weighted by atomic mass is 9.73. The standard InChI is InChI=1S/C17H24BBrO2/c1-6-9-13(14-10-7-8-11-15(14)19)12-18-20-16(2,3)17(4,5)21-18/h6-8,10-11,13H,1,9,12H2,2-5H3/t13-/m1/s1. The van der Waals surface area contributed by atoms with Crippen molar-refractivity contribution in [1.82, 2.24) is 0 Å². The highest BCUT2D eigenvalue weighted by Crippen LogP contribution is 2.41. The Hall–Kier alpha value is -0.575. The minimum atomic E-state index is -0.273. The van der Waals surface area contributed by atoms with Gasteiger partial charge in [0.15, 0.2) is 0 Å². The van der Waals surface area contributed by atoms with Gasteiger partial charge in [0.25, 0.3) is 0 Å². The Morgan fingerprint density at radius 2 is 1.76 bits per heavy atom. The fourth-order valence-electron chi connectivity index (χ4n) is 2.65. The summed E-state index contributed by atoms with van der Waals surface area (Å²) in [6, 6.07) is 8.34. The molecular weight excluding hydrogens is 327 g/mol. The molecule has 0 saturated carbocycles. The fourth-order valence-corrected chi connectivity index (χ4v) is 3.26. The third-order valence-corrected chi connectivity index (χ3v) is 5.30. The van der Waals surface area contributed by atoms with E-state index >= 15 is 0 Å². The molecule has 0 radical (unpaired) electrons. The fraction of sp³-hybridized carbons (Fsp3) is 0.529. The summed E-state index contributed by atoms with van der Waals surface area (Å²) in [4.78, 5) is 0. The SMILES string of the molecule is C=CC[C@H](CB1OC(C)(C)C(C)(C)O1)c1ccccc1Br. The number of allylic oxidation sites excluding steroid dienone is 1. The van der Waals surface area contributed by atoms with Crippen LogP contribution in [0.15, 0.2) is 41.4 Å². The zero-order valence-electron chi connectivity index (χ0n) is 13.4. The monoisotopic (exact) mass is 350 g/mol. The van der Waals surface area contributed by atoms with Crippen LogP contribution in [0, 0.1) is 0 Å². The predicted molar refractivity (Wildman–Crippen MR) is 92.6 cm³/mol. The van der Waals surface area contributed by atoms with E-state index in [1.807, 2.05) is 12.1 Å². The molecule has 0 unspecified atom stereocenters. The highest BCUT2D eigenvalue weighted by atomic mass is 79.9. The molecule has 1 aliphatic rings. The highest BCUT2D eigenvalue weighted by Gasteiger charge is 2.51. The van der Waals surface area contributed by atoms with Gasteiger partial charge in [0.05, 0.1) is 11.2 Å². The molecule has 0 amide bonds. The maximum Gasteiger partial charge on any atom is 0.458 e. The van der Waals surface area contributed by atoms with Crippen molar-refractivity contribution in [2.45, 2.75) is 57.6 Å². The maximum atomic E-state index is 6.13. The summed E-state index contributed by atoms with van der Waals surface area (Å²) < 4.78 is 13.4. The van der Waals surface area contributed by atoms with Crippen molar-refractivity contribution < 1.29 is 9.31 Å². The van der Waals surface area contributed by atoms with E-state index in [0.29, 0.717) is 5.92 Å². The normalized spacial score (nSPS) is 21.3. The van der Waals surface area contributed by atoms with Crippen molar-refractivity contribution >= 4 is 23.0 Å². The lowest BCUT2D eigenvalue weighted by molar-refractivity contribution is 0.00578. The van der Waals surface area contributed by atoms with Gasteiger partial charge in [0.2, 0.25) is 0 Å². The van der Waals surface area contributed by atoms with Gasteiger partial charge < -0.3 is 9.31 Å². The molecule has 1 aromatic carbocycles. The van der Waals surface area contributed by atoms with Gasteiger partial charge in [-0.3, -0.25) is 0 Å². The Morgan fingerprint density at radius 3 is 2.29 bits per heavy atom. The van der Waals surface area contributed by atoms with Crippen LogP contribution >= 0.6 is 15.9 Å². The highest BCUT2D eigenvalue weighted by molar-refractivity contribution is 9.10. The van der Waals surface area contributed by atoms with Crippen molar-refractivity contribution in [2.24, 2.45) is 0 Å². The summed E-state index contributed by atoms with van der Waals surface area (Å²) in [5, 5.41) is 0. The third-order valence-electron chi connectivity index (χ3n) is 4.58. The molecule has 0 N–H and O–H groups in total. The molecule has 0 bridgehead atoms. The average molecular weight is 351 g/mol. The van der Waals surface area contributed by atoms with E-state index in [1.54, 1.807) is 0 Å². The lowest BCUT2D eigenvalue weighted by Crippen LogP contribution is -2.41. The summed E-state index contributed by atoms with van der Waals surface area (Å²) in [6.07, 6.45) is 3.71. The molecule has 1 aliphatic heterocycles. The summed E-state index contributed by atoms with van der Waals surface area (Å²) in [5.41, 5.74) is 0.737. The molecule has 4 heteroatoms. The largest absolute Gasteiger partial charge is 0.458 e. The maximum absolute atomic E-state index is 6.13. The van der Waals surface area contributed by atoms with Crippen LogP contribution in [-0.2, 0) is 9.31 Å². The minimum Gasteiger partial charge on any atom is -0.403 e. The third kappa shape index (κ3) is 3.61. The first-order valence-corrected chi connectivity index (χ1v) is 8.27. The molecule has 0 spiro atoms. The molecule has 1 fully saturated rings. The molecule has 2 rings (SSSR count). The van der Waals surface area contributed by atoms with Gasteiger partial charge in [-0.1, -0.05) is 40.2 Å². The number of halogens is 1. The molecule has 0 aromatic heterocycles. The number of hydrogen-bond acceptors (Lipinski definition) is 2. The summed E-state index contributed by atoms with van der Waals surface area (Å²) in [6.45, 7) is 12.3. The van der Waals surface area contributed by atoms with Crippen LogP contribution in [0.4, 0.5) is 0 Å². The van der Waals surface area contributed by atoms with Crippen LogP contribution < -0.4 is 0 Å². The quantitative estimate of drug-likeness (QED) is 0.536. The van der Waals surface area contributed by atoms with Crippen molar-refractivity contribution in [3.05, 3.63) is 47.0 Å². The smallest absolute Gasteiger partial charge is 0.403 e. The van der Waals surface area contributed by atoms with Gasteiger partial charge in [-0.15, -0.1) is 6.58 Å². The summed E-state index contributed by atoms with van der Waals surface area (Å²) in [7, 11) is -0.174. The lowest BCUT2D eigenvalue weighted by Gasteiger charge is -2.32. The van der Waals surface area contributed by atoms with Crippen LogP contribution in [0.1, 0.15) is 45.6 Å². The second-order valence-electron chi connectivity index (χ2n) is 6.66. The van der Waals surface area contributed by atoms with E-state index in [0.717, 1.165) is 17.2 Å². The van der Waals surface area contributed by atoms with E-state index in [2.05, 4.69) is 68.4 Å². The molecule has 114 valence electrons. The van der Waals surface area contributed by atoms with Crippen LogP contribution in [0.5, 0.6) is 0 Å². The molecule has 21 heavy (non-hydrogen) atoms. The summed E-state index contributed by atoms with van der Waals surface area (Å²) in [5.74, 6) is 0.341. The summed E-state index contributed by atoms with van der Waals surface area (Å²) >= 11 is 3.65. The Balaban J connectivity index is 2.16. The molecule has 0 aliphatic carbocycles. The topological polar surface area (TPSA) is 18.5 Å². The second-order valence-corrected chi connectivity index (χ2v) is 7.52. The first-order chi connectivity index (χ1) is 9.77. The van der Waals surface area contributed by atoms with E-state index in [-0.39, 0.29) is 18.3 Å². The van der Waals surface area contributed by atoms with E-state index in [1.165, 1.54) is 5.56 Å². The Labute approximate surface area is 137 Å².